The van der Waals surface area contributed by atoms with Crippen LogP contribution < -0.4 is 0 Å². The van der Waals surface area contributed by atoms with Gasteiger partial charge in [0.15, 0.2) is 0 Å². The van der Waals surface area contributed by atoms with Crippen molar-refractivity contribution in [3.63, 3.8) is 0 Å². The Bertz CT molecular complexity index is 409. The minimum absolute atomic E-state index is 0.317. The van der Waals surface area contributed by atoms with Crippen LogP contribution in [0.3, 0.4) is 0 Å². The van der Waals surface area contributed by atoms with Crippen molar-refractivity contribution in [2.45, 2.75) is 4.90 Å². The van der Waals surface area contributed by atoms with Crippen LogP contribution in [-0.4, -0.2) is 0 Å². The number of hydrogen-bond acceptors (Lipinski definition) is 2. The molecule has 0 amide bonds. The van der Waals surface area contributed by atoms with Gasteiger partial charge in [0, 0.05) is 4.90 Å². The number of furan rings is 1. The molecule has 66 valence electrons. The lowest BCUT2D eigenvalue weighted by Crippen LogP contribution is -1.81. The maximum Gasteiger partial charge on any atom is 0.136 e. The SMILES string of the molecule is Fc1cc(S)ccc1-c1ccco1. The lowest BCUT2D eigenvalue weighted by atomic mass is 10.1. The Balaban J connectivity index is 2.53. The van der Waals surface area contributed by atoms with Crippen molar-refractivity contribution >= 4 is 12.6 Å². The van der Waals surface area contributed by atoms with Crippen LogP contribution in [0.5, 0.6) is 0 Å². The van der Waals surface area contributed by atoms with Gasteiger partial charge in [-0.3, -0.25) is 0 Å². The second-order valence-corrected chi connectivity index (χ2v) is 3.16. The van der Waals surface area contributed by atoms with Gasteiger partial charge in [-0.05, 0) is 30.3 Å². The molecule has 0 N–H and O–H groups in total. The number of thiol groups is 1. The molecule has 0 saturated heterocycles. The summed E-state index contributed by atoms with van der Waals surface area (Å²) in [6.07, 6.45) is 1.52. The molecule has 0 radical (unpaired) electrons. The van der Waals surface area contributed by atoms with Crippen molar-refractivity contribution in [1.29, 1.82) is 0 Å². The van der Waals surface area contributed by atoms with E-state index in [2.05, 4.69) is 12.6 Å². The maximum atomic E-state index is 13.3. The highest BCUT2D eigenvalue weighted by molar-refractivity contribution is 7.80. The molecule has 0 fully saturated rings. The fraction of sp³-hybridized carbons (Fsp3) is 0. The first kappa shape index (κ1) is 8.38. The molecule has 13 heavy (non-hydrogen) atoms. The van der Waals surface area contributed by atoms with E-state index in [0.29, 0.717) is 16.2 Å². The van der Waals surface area contributed by atoms with Gasteiger partial charge in [-0.25, -0.2) is 4.39 Å². The van der Waals surface area contributed by atoms with Crippen LogP contribution in [0.4, 0.5) is 4.39 Å². The number of rotatable bonds is 1. The Kier molecular flexibility index (Phi) is 2.10. The zero-order chi connectivity index (χ0) is 9.26. The third-order valence-corrected chi connectivity index (χ3v) is 2.02. The Hall–Kier alpha value is -1.22. The third-order valence-electron chi connectivity index (χ3n) is 1.74. The largest absolute Gasteiger partial charge is 0.464 e. The van der Waals surface area contributed by atoms with Gasteiger partial charge in [0.05, 0.1) is 11.8 Å². The highest BCUT2D eigenvalue weighted by Crippen LogP contribution is 2.24. The smallest absolute Gasteiger partial charge is 0.136 e. The van der Waals surface area contributed by atoms with Gasteiger partial charge >= 0.3 is 0 Å². The first-order valence-corrected chi connectivity index (χ1v) is 4.24. The molecular formula is C10H7FOS. The molecule has 1 aromatic carbocycles. The van der Waals surface area contributed by atoms with Gasteiger partial charge in [-0.15, -0.1) is 12.6 Å². The Morgan fingerprint density at radius 3 is 2.69 bits per heavy atom. The predicted octanol–water partition coefficient (Wildman–Crippen LogP) is 3.37. The fourth-order valence-corrected chi connectivity index (χ4v) is 1.32. The summed E-state index contributed by atoms with van der Waals surface area (Å²) in [5.41, 5.74) is 0.461. The molecule has 0 aliphatic heterocycles. The summed E-state index contributed by atoms with van der Waals surface area (Å²) in [7, 11) is 0. The van der Waals surface area contributed by atoms with E-state index in [1.165, 1.54) is 12.3 Å². The van der Waals surface area contributed by atoms with Crippen molar-refractivity contribution < 1.29 is 8.81 Å². The van der Waals surface area contributed by atoms with E-state index >= 15 is 0 Å². The summed E-state index contributed by atoms with van der Waals surface area (Å²) in [5.74, 6) is 0.216. The summed E-state index contributed by atoms with van der Waals surface area (Å²) in [6, 6.07) is 8.18. The second kappa shape index (κ2) is 3.26. The summed E-state index contributed by atoms with van der Waals surface area (Å²) >= 11 is 4.03. The first-order valence-electron chi connectivity index (χ1n) is 3.80. The Morgan fingerprint density at radius 1 is 1.23 bits per heavy atom. The average Bonchev–Trinajstić information content (AvgIpc) is 2.56. The van der Waals surface area contributed by atoms with Crippen LogP contribution in [0, 0.1) is 5.82 Å². The molecule has 0 bridgehead atoms. The molecular weight excluding hydrogens is 187 g/mol. The summed E-state index contributed by atoms with van der Waals surface area (Å²) in [4.78, 5) is 0.604. The number of hydrogen-bond donors (Lipinski definition) is 1. The summed E-state index contributed by atoms with van der Waals surface area (Å²) in [6.45, 7) is 0. The van der Waals surface area contributed by atoms with Gasteiger partial charge in [-0.2, -0.15) is 0 Å². The Labute approximate surface area is 80.6 Å². The normalized spacial score (nSPS) is 10.3. The van der Waals surface area contributed by atoms with E-state index in [9.17, 15) is 4.39 Å². The van der Waals surface area contributed by atoms with Crippen molar-refractivity contribution in [2.75, 3.05) is 0 Å². The lowest BCUT2D eigenvalue weighted by molar-refractivity contribution is 0.568. The molecule has 0 aliphatic carbocycles. The van der Waals surface area contributed by atoms with Gasteiger partial charge < -0.3 is 4.42 Å². The number of benzene rings is 1. The first-order chi connectivity index (χ1) is 6.27. The molecule has 0 unspecified atom stereocenters. The molecule has 0 atom stereocenters. The van der Waals surface area contributed by atoms with E-state index in [1.807, 2.05) is 0 Å². The van der Waals surface area contributed by atoms with Crippen molar-refractivity contribution in [3.05, 3.63) is 42.4 Å². The third kappa shape index (κ3) is 1.60. The van der Waals surface area contributed by atoms with Crippen LogP contribution >= 0.6 is 12.6 Å². The minimum atomic E-state index is -0.317. The monoisotopic (exact) mass is 194 g/mol. The maximum absolute atomic E-state index is 13.3. The second-order valence-electron chi connectivity index (χ2n) is 2.64. The van der Waals surface area contributed by atoms with E-state index in [1.54, 1.807) is 24.3 Å². The van der Waals surface area contributed by atoms with Crippen LogP contribution in [-0.2, 0) is 0 Å². The molecule has 0 saturated carbocycles. The molecule has 3 heteroatoms. The zero-order valence-electron chi connectivity index (χ0n) is 6.70. The average molecular weight is 194 g/mol. The fourth-order valence-electron chi connectivity index (χ4n) is 1.14. The highest BCUT2D eigenvalue weighted by Gasteiger charge is 2.06. The van der Waals surface area contributed by atoms with Crippen LogP contribution in [0.25, 0.3) is 11.3 Å². The Morgan fingerprint density at radius 2 is 2.08 bits per heavy atom. The van der Waals surface area contributed by atoms with E-state index in [-0.39, 0.29) is 5.82 Å². The van der Waals surface area contributed by atoms with E-state index in [0.717, 1.165) is 0 Å². The van der Waals surface area contributed by atoms with E-state index < -0.39 is 0 Å². The van der Waals surface area contributed by atoms with Gasteiger partial charge in [0.2, 0.25) is 0 Å². The molecule has 2 aromatic rings. The molecule has 0 aliphatic rings. The zero-order valence-corrected chi connectivity index (χ0v) is 7.59. The molecule has 2 rings (SSSR count). The van der Waals surface area contributed by atoms with Crippen molar-refractivity contribution in [3.8, 4) is 11.3 Å². The van der Waals surface area contributed by atoms with Crippen molar-refractivity contribution in [2.24, 2.45) is 0 Å². The molecule has 1 aromatic heterocycles. The van der Waals surface area contributed by atoms with Crippen LogP contribution in [0.2, 0.25) is 0 Å². The quantitative estimate of drug-likeness (QED) is 0.687. The van der Waals surface area contributed by atoms with Crippen LogP contribution in [0.1, 0.15) is 0 Å². The highest BCUT2D eigenvalue weighted by atomic mass is 32.1. The molecule has 1 heterocycles. The van der Waals surface area contributed by atoms with Gasteiger partial charge in [-0.1, -0.05) is 0 Å². The molecule has 0 spiro atoms. The summed E-state index contributed by atoms with van der Waals surface area (Å²) < 4.78 is 18.4. The van der Waals surface area contributed by atoms with Gasteiger partial charge in [0.25, 0.3) is 0 Å². The molecule has 1 nitrogen and oxygen atoms in total. The van der Waals surface area contributed by atoms with Crippen LogP contribution in [0.15, 0.2) is 45.9 Å². The summed E-state index contributed by atoms with van der Waals surface area (Å²) in [5, 5.41) is 0. The topological polar surface area (TPSA) is 13.1 Å². The van der Waals surface area contributed by atoms with Gasteiger partial charge in [0.1, 0.15) is 11.6 Å². The minimum Gasteiger partial charge on any atom is -0.464 e. The number of halogens is 1. The standard InChI is InChI=1S/C10H7FOS/c11-9-6-7(13)3-4-8(9)10-2-1-5-12-10/h1-6,13H. The lowest BCUT2D eigenvalue weighted by Gasteiger charge is -1.99. The van der Waals surface area contributed by atoms with E-state index in [4.69, 9.17) is 4.42 Å². The van der Waals surface area contributed by atoms with Crippen molar-refractivity contribution in [1.82, 2.24) is 0 Å². The predicted molar refractivity (Wildman–Crippen MR) is 51.4 cm³/mol.